The Balaban J connectivity index is 1.61. The average Bonchev–Trinajstić information content (AvgIpc) is 3.08. The number of benzene rings is 1. The van der Waals surface area contributed by atoms with Crippen molar-refractivity contribution in [2.24, 2.45) is 4.99 Å². The Hall–Kier alpha value is -3.54. The summed E-state index contributed by atoms with van der Waals surface area (Å²) in [7, 11) is 0. The highest BCUT2D eigenvalue weighted by atomic mass is 16.1. The summed E-state index contributed by atoms with van der Waals surface area (Å²) < 4.78 is 0. The fourth-order valence-corrected chi connectivity index (χ4v) is 2.86. The molecule has 3 heterocycles. The second-order valence-corrected chi connectivity index (χ2v) is 5.67. The molecule has 1 atom stereocenters. The molecule has 0 fully saturated rings. The number of aromatic nitrogens is 2. The first-order chi connectivity index (χ1) is 12.2. The fourth-order valence-electron chi connectivity index (χ4n) is 2.86. The Bertz CT molecular complexity index is 969. The molecule has 3 aromatic rings. The summed E-state index contributed by atoms with van der Waals surface area (Å²) >= 11 is 0. The Morgan fingerprint density at radius 2 is 1.96 bits per heavy atom. The summed E-state index contributed by atoms with van der Waals surface area (Å²) in [5.74, 6) is 0.227. The van der Waals surface area contributed by atoms with E-state index in [9.17, 15) is 4.79 Å². The predicted molar refractivity (Wildman–Crippen MR) is 96.7 cm³/mol. The van der Waals surface area contributed by atoms with Crippen molar-refractivity contribution in [1.82, 2.24) is 9.97 Å². The van der Waals surface area contributed by atoms with Crippen LogP contribution >= 0.6 is 0 Å². The number of nitrogens with zero attached hydrogens (tertiary/aromatic N) is 3. The number of amides is 1. The zero-order valence-electron chi connectivity index (χ0n) is 13.3. The van der Waals surface area contributed by atoms with Crippen LogP contribution in [0.4, 0.5) is 11.5 Å². The molecule has 6 heteroatoms. The number of carbonyl (C=O) groups is 1. The lowest BCUT2D eigenvalue weighted by atomic mass is 9.98. The molecule has 0 saturated carbocycles. The van der Waals surface area contributed by atoms with E-state index in [0.717, 1.165) is 16.7 Å². The van der Waals surface area contributed by atoms with Crippen LogP contribution in [0, 0.1) is 0 Å². The van der Waals surface area contributed by atoms with Gasteiger partial charge in [-0.25, -0.2) is 4.98 Å². The van der Waals surface area contributed by atoms with Crippen LogP contribution in [0.15, 0.2) is 65.9 Å². The molecule has 122 valence electrons. The molecule has 0 aliphatic carbocycles. The van der Waals surface area contributed by atoms with Crippen molar-refractivity contribution in [3.8, 4) is 0 Å². The number of anilines is 2. The molecule has 0 radical (unpaired) electrons. The molecule has 2 aromatic heterocycles. The smallest absolute Gasteiger partial charge is 0.274 e. The van der Waals surface area contributed by atoms with E-state index in [2.05, 4.69) is 20.3 Å². The van der Waals surface area contributed by atoms with Crippen LogP contribution in [0.25, 0.3) is 0 Å². The van der Waals surface area contributed by atoms with E-state index in [1.165, 1.54) is 0 Å². The second-order valence-electron chi connectivity index (χ2n) is 5.67. The maximum absolute atomic E-state index is 12.3. The van der Waals surface area contributed by atoms with E-state index in [4.69, 9.17) is 5.73 Å². The standard InChI is InChI=1S/C19H15N5O/c20-18-15-11-23-17(14(15)7-9-22-18)12-4-3-5-13(10-12)24-19(25)16-6-1-2-8-21-16/h1-11,17H,(H2,20,22)(H,24,25). The largest absolute Gasteiger partial charge is 0.383 e. The number of aliphatic imine (C=N–C) groups is 1. The van der Waals surface area contributed by atoms with Gasteiger partial charge in [0, 0.05) is 29.9 Å². The normalized spacial score (nSPS) is 15.0. The molecule has 0 spiro atoms. The molecule has 1 unspecified atom stereocenters. The van der Waals surface area contributed by atoms with Crippen LogP contribution in [0.5, 0.6) is 0 Å². The van der Waals surface area contributed by atoms with Crippen molar-refractivity contribution in [2.75, 3.05) is 11.1 Å². The number of fused-ring (bicyclic) bond motifs is 1. The molecule has 1 amide bonds. The summed E-state index contributed by atoms with van der Waals surface area (Å²) in [4.78, 5) is 25.0. The summed E-state index contributed by atoms with van der Waals surface area (Å²) in [6, 6.07) is 14.6. The fraction of sp³-hybridized carbons (Fsp3) is 0.0526. The third-order valence-corrected chi connectivity index (χ3v) is 4.06. The predicted octanol–water partition coefficient (Wildman–Crippen LogP) is 2.83. The summed E-state index contributed by atoms with van der Waals surface area (Å²) in [6.45, 7) is 0. The Kier molecular flexibility index (Phi) is 3.70. The minimum atomic E-state index is -0.249. The van der Waals surface area contributed by atoms with Crippen LogP contribution < -0.4 is 11.1 Å². The van der Waals surface area contributed by atoms with Crippen LogP contribution in [-0.2, 0) is 0 Å². The van der Waals surface area contributed by atoms with Gasteiger partial charge in [-0.2, -0.15) is 0 Å². The van der Waals surface area contributed by atoms with E-state index in [0.29, 0.717) is 17.2 Å². The summed E-state index contributed by atoms with van der Waals surface area (Å²) in [5, 5.41) is 2.87. The highest BCUT2D eigenvalue weighted by Gasteiger charge is 2.22. The number of nitrogens with one attached hydrogen (secondary N) is 1. The lowest BCUT2D eigenvalue weighted by Crippen LogP contribution is -2.13. The molecular formula is C19H15N5O. The van der Waals surface area contributed by atoms with E-state index in [1.54, 1.807) is 36.8 Å². The number of hydrogen-bond acceptors (Lipinski definition) is 5. The monoisotopic (exact) mass is 329 g/mol. The van der Waals surface area contributed by atoms with Crippen LogP contribution in [-0.4, -0.2) is 22.1 Å². The number of nitrogens with two attached hydrogens (primary N) is 1. The van der Waals surface area contributed by atoms with Crippen molar-refractivity contribution in [1.29, 1.82) is 0 Å². The highest BCUT2D eigenvalue weighted by molar-refractivity contribution is 6.02. The van der Waals surface area contributed by atoms with Gasteiger partial charge in [0.15, 0.2) is 0 Å². The SMILES string of the molecule is Nc1nccc2c1C=NC2c1cccc(NC(=O)c2ccccn2)c1. The quantitative estimate of drug-likeness (QED) is 0.772. The first-order valence-electron chi connectivity index (χ1n) is 7.82. The molecular weight excluding hydrogens is 314 g/mol. The number of nitrogen functional groups attached to an aromatic ring is 1. The molecule has 1 aromatic carbocycles. The van der Waals surface area contributed by atoms with Gasteiger partial charge in [-0.05, 0) is 41.5 Å². The molecule has 0 saturated heterocycles. The molecule has 1 aliphatic heterocycles. The van der Waals surface area contributed by atoms with E-state index in [1.807, 2.05) is 30.3 Å². The average molecular weight is 329 g/mol. The van der Waals surface area contributed by atoms with Gasteiger partial charge in [-0.15, -0.1) is 0 Å². The van der Waals surface area contributed by atoms with Gasteiger partial charge in [0.2, 0.25) is 0 Å². The zero-order chi connectivity index (χ0) is 17.2. The Labute approximate surface area is 144 Å². The topological polar surface area (TPSA) is 93.3 Å². The molecule has 6 nitrogen and oxygen atoms in total. The van der Waals surface area contributed by atoms with Crippen molar-refractivity contribution >= 4 is 23.6 Å². The maximum Gasteiger partial charge on any atom is 0.274 e. The zero-order valence-corrected chi connectivity index (χ0v) is 13.3. The minimum absolute atomic E-state index is 0.146. The minimum Gasteiger partial charge on any atom is -0.383 e. The maximum atomic E-state index is 12.3. The van der Waals surface area contributed by atoms with Crippen molar-refractivity contribution in [3.05, 3.63) is 83.3 Å². The van der Waals surface area contributed by atoms with Crippen LogP contribution in [0.3, 0.4) is 0 Å². The van der Waals surface area contributed by atoms with Gasteiger partial charge in [-0.3, -0.25) is 14.8 Å². The van der Waals surface area contributed by atoms with E-state index in [-0.39, 0.29) is 11.9 Å². The number of rotatable bonds is 3. The highest BCUT2D eigenvalue weighted by Crippen LogP contribution is 2.34. The number of hydrogen-bond donors (Lipinski definition) is 2. The van der Waals surface area contributed by atoms with E-state index >= 15 is 0 Å². The summed E-state index contributed by atoms with van der Waals surface area (Å²) in [5.41, 5.74) is 9.81. The Morgan fingerprint density at radius 1 is 1.04 bits per heavy atom. The number of carbonyl (C=O) groups excluding carboxylic acids is 1. The van der Waals surface area contributed by atoms with Crippen molar-refractivity contribution in [3.63, 3.8) is 0 Å². The molecule has 3 N–H and O–H groups in total. The first kappa shape index (κ1) is 15.0. The van der Waals surface area contributed by atoms with Gasteiger partial charge in [0.05, 0.1) is 0 Å². The van der Waals surface area contributed by atoms with Crippen molar-refractivity contribution < 1.29 is 4.79 Å². The van der Waals surface area contributed by atoms with Crippen LogP contribution in [0.1, 0.15) is 33.2 Å². The van der Waals surface area contributed by atoms with Gasteiger partial charge < -0.3 is 11.1 Å². The molecule has 4 rings (SSSR count). The molecule has 25 heavy (non-hydrogen) atoms. The first-order valence-corrected chi connectivity index (χ1v) is 7.82. The Morgan fingerprint density at radius 3 is 2.80 bits per heavy atom. The van der Waals surface area contributed by atoms with Crippen molar-refractivity contribution in [2.45, 2.75) is 6.04 Å². The van der Waals surface area contributed by atoms with E-state index < -0.39 is 0 Å². The second kappa shape index (κ2) is 6.16. The third-order valence-electron chi connectivity index (χ3n) is 4.06. The molecule has 0 bridgehead atoms. The summed E-state index contributed by atoms with van der Waals surface area (Å²) in [6.07, 6.45) is 5.03. The lowest BCUT2D eigenvalue weighted by Gasteiger charge is -2.12. The van der Waals surface area contributed by atoms with Gasteiger partial charge in [-0.1, -0.05) is 18.2 Å². The molecule has 1 aliphatic rings. The van der Waals surface area contributed by atoms with Gasteiger partial charge in [0.1, 0.15) is 17.6 Å². The van der Waals surface area contributed by atoms with Gasteiger partial charge in [0.25, 0.3) is 5.91 Å². The van der Waals surface area contributed by atoms with Gasteiger partial charge >= 0.3 is 0 Å². The number of pyridine rings is 2. The third kappa shape index (κ3) is 2.85. The van der Waals surface area contributed by atoms with Crippen LogP contribution in [0.2, 0.25) is 0 Å². The lowest BCUT2D eigenvalue weighted by molar-refractivity contribution is 0.102.